The maximum atomic E-state index is 13.1. The first-order valence-corrected chi connectivity index (χ1v) is 10.5. The largest absolute Gasteiger partial charge is 0.391 e. The average Bonchev–Trinajstić information content (AvgIpc) is 3.23. The van der Waals surface area contributed by atoms with Gasteiger partial charge in [0.2, 0.25) is 5.91 Å². The van der Waals surface area contributed by atoms with Crippen molar-refractivity contribution in [3.8, 4) is 0 Å². The van der Waals surface area contributed by atoms with Crippen LogP contribution in [-0.2, 0) is 4.79 Å². The van der Waals surface area contributed by atoms with Crippen LogP contribution in [0.1, 0.15) is 19.8 Å². The molecule has 2 aliphatic carbocycles. The lowest BCUT2D eigenvalue weighted by Crippen LogP contribution is -2.46. The fourth-order valence-corrected chi connectivity index (χ4v) is 6.56. The fraction of sp³-hybridized carbons (Fsp3) is 0.500. The van der Waals surface area contributed by atoms with E-state index in [0.717, 1.165) is 35.2 Å². The smallest absolute Gasteiger partial charge is 0.236 e. The Morgan fingerprint density at radius 3 is 3.00 bits per heavy atom. The molecule has 0 radical (unpaired) electrons. The van der Waals surface area contributed by atoms with Crippen LogP contribution in [0.5, 0.6) is 0 Å². The number of rotatable bonds is 3. The molecule has 4 nitrogen and oxygen atoms in total. The molecular formula is C20H21ClN2O2S. The van der Waals surface area contributed by atoms with Gasteiger partial charge in [0.25, 0.3) is 0 Å². The summed E-state index contributed by atoms with van der Waals surface area (Å²) in [6.07, 6.45) is 3.62. The molecular weight excluding hydrogens is 368 g/mol. The van der Waals surface area contributed by atoms with Gasteiger partial charge in [-0.3, -0.25) is 9.78 Å². The number of aliphatic hydroxyl groups is 1. The van der Waals surface area contributed by atoms with Crippen molar-refractivity contribution in [1.82, 2.24) is 9.88 Å². The van der Waals surface area contributed by atoms with Gasteiger partial charge in [-0.1, -0.05) is 17.7 Å². The summed E-state index contributed by atoms with van der Waals surface area (Å²) in [5.74, 6) is 1.66. The second-order valence-corrected chi connectivity index (χ2v) is 9.68. The van der Waals surface area contributed by atoms with Crippen molar-refractivity contribution in [3.05, 3.63) is 35.5 Å². The normalized spacial score (nSPS) is 33.2. The average molecular weight is 389 g/mol. The third kappa shape index (κ3) is 2.48. The zero-order valence-corrected chi connectivity index (χ0v) is 16.1. The molecule has 2 bridgehead atoms. The molecule has 6 heteroatoms. The Kier molecular flexibility index (Phi) is 3.96. The lowest BCUT2D eigenvalue weighted by molar-refractivity contribution is -0.133. The number of nitrogens with zero attached hydrogens (tertiary/aromatic N) is 2. The van der Waals surface area contributed by atoms with E-state index in [0.29, 0.717) is 22.8 Å². The zero-order chi connectivity index (χ0) is 18.0. The quantitative estimate of drug-likeness (QED) is 0.816. The van der Waals surface area contributed by atoms with Crippen molar-refractivity contribution in [2.75, 3.05) is 6.54 Å². The molecule has 5 rings (SSSR count). The second kappa shape index (κ2) is 6.11. The van der Waals surface area contributed by atoms with E-state index in [2.05, 4.69) is 4.98 Å². The molecule has 3 fully saturated rings. The monoisotopic (exact) mass is 388 g/mol. The Balaban J connectivity index is 1.38. The third-order valence-electron chi connectivity index (χ3n) is 6.45. The second-order valence-electron chi connectivity index (χ2n) is 7.86. The van der Waals surface area contributed by atoms with Crippen LogP contribution in [0.4, 0.5) is 0 Å². The van der Waals surface area contributed by atoms with Crippen LogP contribution >= 0.6 is 23.4 Å². The van der Waals surface area contributed by atoms with Crippen molar-refractivity contribution >= 4 is 40.2 Å². The molecule has 6 atom stereocenters. The number of aliphatic hydroxyl groups excluding tert-OH is 1. The van der Waals surface area contributed by atoms with E-state index >= 15 is 0 Å². The molecule has 1 amide bonds. The molecule has 2 saturated carbocycles. The molecule has 136 valence electrons. The Hall–Kier alpha value is -1.30. The van der Waals surface area contributed by atoms with Crippen LogP contribution in [0.2, 0.25) is 5.02 Å². The number of hydrogen-bond acceptors (Lipinski definition) is 4. The molecule has 1 N–H and O–H groups in total. The number of amides is 1. The van der Waals surface area contributed by atoms with Gasteiger partial charge < -0.3 is 10.0 Å². The highest BCUT2D eigenvalue weighted by atomic mass is 35.5. The summed E-state index contributed by atoms with van der Waals surface area (Å²) in [5, 5.41) is 12.0. The number of pyridine rings is 1. The van der Waals surface area contributed by atoms with Crippen LogP contribution in [0, 0.1) is 17.8 Å². The molecule has 0 spiro atoms. The van der Waals surface area contributed by atoms with E-state index in [1.54, 1.807) is 18.0 Å². The fourth-order valence-electron chi connectivity index (χ4n) is 5.34. The molecule has 1 aromatic carbocycles. The number of thioether (sulfide) groups is 1. The standard InChI is InChI=1S/C20H21ClN2O2S/c1-10(26-17-4-5-22-16-8-13(21)2-3-14(16)17)20(25)23-9-12-6-11-7-15(12)18(23)19(11)24/h2-5,8,10-12,15,18-19,24H,6-7,9H2,1H3. The van der Waals surface area contributed by atoms with E-state index < -0.39 is 0 Å². The van der Waals surface area contributed by atoms with Gasteiger partial charge in [0.1, 0.15) is 0 Å². The number of hydrogen-bond donors (Lipinski definition) is 1. The highest BCUT2D eigenvalue weighted by molar-refractivity contribution is 8.00. The minimum Gasteiger partial charge on any atom is -0.391 e. The lowest BCUT2D eigenvalue weighted by atomic mass is 9.88. The highest BCUT2D eigenvalue weighted by Crippen LogP contribution is 2.55. The summed E-state index contributed by atoms with van der Waals surface area (Å²) in [6.45, 7) is 2.79. The summed E-state index contributed by atoms with van der Waals surface area (Å²) in [4.78, 5) is 20.5. The van der Waals surface area contributed by atoms with Crippen molar-refractivity contribution in [2.24, 2.45) is 17.8 Å². The van der Waals surface area contributed by atoms with Crippen molar-refractivity contribution in [3.63, 3.8) is 0 Å². The number of benzene rings is 1. The summed E-state index contributed by atoms with van der Waals surface area (Å²) < 4.78 is 0. The molecule has 26 heavy (non-hydrogen) atoms. The third-order valence-corrected chi connectivity index (χ3v) is 7.85. The first-order valence-electron chi connectivity index (χ1n) is 9.22. The van der Waals surface area contributed by atoms with Crippen LogP contribution in [0.15, 0.2) is 35.4 Å². The molecule has 6 unspecified atom stereocenters. The Morgan fingerprint density at radius 1 is 1.35 bits per heavy atom. The molecule has 1 aliphatic heterocycles. The SMILES string of the molecule is CC(Sc1ccnc2cc(Cl)ccc12)C(=O)N1CC2CC3CC2C1C3O. The lowest BCUT2D eigenvalue weighted by Gasteiger charge is -2.30. The van der Waals surface area contributed by atoms with Crippen molar-refractivity contribution in [2.45, 2.75) is 42.1 Å². The van der Waals surface area contributed by atoms with Gasteiger partial charge in [-0.15, -0.1) is 11.8 Å². The Morgan fingerprint density at radius 2 is 2.19 bits per heavy atom. The zero-order valence-electron chi connectivity index (χ0n) is 14.5. The molecule has 1 saturated heterocycles. The maximum Gasteiger partial charge on any atom is 0.236 e. The maximum absolute atomic E-state index is 13.1. The van der Waals surface area contributed by atoms with Crippen LogP contribution in [0.3, 0.4) is 0 Å². The van der Waals surface area contributed by atoms with E-state index in [9.17, 15) is 9.90 Å². The van der Waals surface area contributed by atoms with Gasteiger partial charge in [0.15, 0.2) is 0 Å². The predicted octanol–water partition coefficient (Wildman–Crippen LogP) is 3.60. The number of likely N-dealkylation sites (tertiary alicyclic amines) is 1. The summed E-state index contributed by atoms with van der Waals surface area (Å²) in [6, 6.07) is 7.67. The summed E-state index contributed by atoms with van der Waals surface area (Å²) >= 11 is 7.63. The number of carbonyl (C=O) groups excluding carboxylic acids is 1. The first kappa shape index (κ1) is 16.8. The van der Waals surface area contributed by atoms with Crippen LogP contribution in [0.25, 0.3) is 10.9 Å². The molecule has 3 aliphatic rings. The topological polar surface area (TPSA) is 53.4 Å². The van der Waals surface area contributed by atoms with Crippen LogP contribution < -0.4 is 0 Å². The first-order chi connectivity index (χ1) is 12.5. The number of halogens is 1. The van der Waals surface area contributed by atoms with Gasteiger partial charge in [0.05, 0.1) is 22.9 Å². The summed E-state index contributed by atoms with van der Waals surface area (Å²) in [7, 11) is 0. The van der Waals surface area contributed by atoms with E-state index in [4.69, 9.17) is 11.6 Å². The molecule has 2 heterocycles. The number of carbonyl (C=O) groups is 1. The van der Waals surface area contributed by atoms with Gasteiger partial charge in [0, 0.05) is 28.0 Å². The van der Waals surface area contributed by atoms with Gasteiger partial charge in [-0.25, -0.2) is 0 Å². The highest BCUT2D eigenvalue weighted by Gasteiger charge is 2.60. The van der Waals surface area contributed by atoms with E-state index in [-0.39, 0.29) is 23.3 Å². The van der Waals surface area contributed by atoms with Crippen molar-refractivity contribution in [1.29, 1.82) is 0 Å². The van der Waals surface area contributed by atoms with Gasteiger partial charge in [-0.05, 0) is 55.7 Å². The molecule has 2 aromatic rings. The van der Waals surface area contributed by atoms with Gasteiger partial charge >= 0.3 is 0 Å². The Bertz CT molecular complexity index is 889. The van der Waals surface area contributed by atoms with E-state index in [1.165, 1.54) is 0 Å². The number of fused-ring (bicyclic) bond motifs is 2. The Labute approximate surface area is 161 Å². The minimum absolute atomic E-state index is 0.0438. The summed E-state index contributed by atoms with van der Waals surface area (Å²) in [5.41, 5.74) is 0.843. The number of aromatic nitrogens is 1. The van der Waals surface area contributed by atoms with Gasteiger partial charge in [-0.2, -0.15) is 0 Å². The minimum atomic E-state index is -0.330. The molecule has 1 aromatic heterocycles. The predicted molar refractivity (Wildman–Crippen MR) is 103 cm³/mol. The van der Waals surface area contributed by atoms with Crippen LogP contribution in [-0.4, -0.2) is 44.8 Å². The van der Waals surface area contributed by atoms with Crippen molar-refractivity contribution < 1.29 is 9.90 Å². The van der Waals surface area contributed by atoms with E-state index in [1.807, 2.05) is 36.1 Å².